The van der Waals surface area contributed by atoms with Crippen LogP contribution in [-0.4, -0.2) is 83.2 Å². The molecular weight excluding hydrogens is 565 g/mol. The van der Waals surface area contributed by atoms with Crippen LogP contribution >= 0.6 is 0 Å². The maximum Gasteiger partial charge on any atom is 0.490 e. The molecule has 0 bridgehead atoms. The zero-order valence-electron chi connectivity index (χ0n) is 23.9. The number of nitrogens with zero attached hydrogens (tertiary/aromatic N) is 6. The number of benzene rings is 1. The highest BCUT2D eigenvalue weighted by Crippen LogP contribution is 2.40. The van der Waals surface area contributed by atoms with Crippen molar-refractivity contribution in [2.24, 2.45) is 5.92 Å². The van der Waals surface area contributed by atoms with Gasteiger partial charge in [0.1, 0.15) is 17.4 Å². The van der Waals surface area contributed by atoms with Crippen LogP contribution in [-0.2, 0) is 16.0 Å². The standard InChI is InChI=1S/C28H34N6O2.C2HF3O2/c1-2-11-33(19-20-6-7-20)25-18-22(8-10-29-25)34-12-9-24-26(21-4-3-5-23(35)17-21)30-28(31-27(24)34)32-13-15-36-16-14-32;3-2(4,5)1(6)7/h3-5,8,10,17-18,20,35H,2,6-7,9,11-16,19H2,1H3;(H,6,7). The summed E-state index contributed by atoms with van der Waals surface area (Å²) in [5, 5.41) is 17.3. The summed E-state index contributed by atoms with van der Waals surface area (Å²) in [6.07, 6.45) is 1.46. The average Bonchev–Trinajstić information content (AvgIpc) is 3.72. The van der Waals surface area contributed by atoms with Gasteiger partial charge in [0.2, 0.25) is 5.95 Å². The molecule has 2 aliphatic heterocycles. The minimum atomic E-state index is -5.08. The number of morpholine rings is 1. The van der Waals surface area contributed by atoms with Gasteiger partial charge in [0.25, 0.3) is 0 Å². The number of carboxylic acid groups (broad SMARTS) is 1. The highest BCUT2D eigenvalue weighted by molar-refractivity contribution is 5.78. The highest BCUT2D eigenvalue weighted by Gasteiger charge is 2.38. The van der Waals surface area contributed by atoms with Crippen LogP contribution in [0.4, 0.5) is 36.4 Å². The smallest absolute Gasteiger partial charge is 0.490 e. The normalized spacial score (nSPS) is 16.4. The van der Waals surface area contributed by atoms with Crippen LogP contribution in [0.1, 0.15) is 31.7 Å². The number of aromatic nitrogens is 3. The van der Waals surface area contributed by atoms with E-state index in [2.05, 4.69) is 33.8 Å². The first-order valence-corrected chi connectivity index (χ1v) is 14.5. The number of alkyl halides is 3. The number of halogens is 3. The van der Waals surface area contributed by atoms with E-state index in [1.54, 1.807) is 12.1 Å². The topological polar surface area (TPSA) is 115 Å². The fourth-order valence-corrected chi connectivity index (χ4v) is 5.22. The van der Waals surface area contributed by atoms with Crippen molar-refractivity contribution in [3.05, 3.63) is 48.2 Å². The molecule has 2 fully saturated rings. The van der Waals surface area contributed by atoms with E-state index in [0.29, 0.717) is 13.2 Å². The molecule has 6 rings (SSSR count). The number of aliphatic carboxylic acids is 1. The van der Waals surface area contributed by atoms with Crippen LogP contribution in [0.15, 0.2) is 42.6 Å². The van der Waals surface area contributed by atoms with Crippen molar-refractivity contribution in [1.29, 1.82) is 0 Å². The second kappa shape index (κ2) is 13.0. The van der Waals surface area contributed by atoms with Gasteiger partial charge in [-0.15, -0.1) is 0 Å². The molecule has 1 saturated carbocycles. The Hall–Kier alpha value is -4.13. The number of rotatable bonds is 8. The predicted molar refractivity (Wildman–Crippen MR) is 156 cm³/mol. The van der Waals surface area contributed by atoms with Crippen LogP contribution in [0.2, 0.25) is 0 Å². The first-order valence-electron chi connectivity index (χ1n) is 14.5. The van der Waals surface area contributed by atoms with Crippen LogP contribution in [0.25, 0.3) is 11.3 Å². The van der Waals surface area contributed by atoms with E-state index in [1.807, 2.05) is 18.3 Å². The average molecular weight is 601 g/mol. The van der Waals surface area contributed by atoms with E-state index in [4.69, 9.17) is 29.6 Å². The molecule has 0 amide bonds. The maximum atomic E-state index is 10.6. The molecule has 230 valence electrons. The molecule has 1 aromatic carbocycles. The van der Waals surface area contributed by atoms with E-state index < -0.39 is 12.1 Å². The number of hydrogen-bond acceptors (Lipinski definition) is 9. The molecule has 43 heavy (non-hydrogen) atoms. The van der Waals surface area contributed by atoms with Gasteiger partial charge < -0.3 is 29.6 Å². The Labute approximate surface area is 247 Å². The number of pyridine rings is 1. The number of phenolic OH excluding ortho intramolecular Hbond substituents is 1. The predicted octanol–water partition coefficient (Wildman–Crippen LogP) is 5.03. The molecule has 4 heterocycles. The van der Waals surface area contributed by atoms with Crippen LogP contribution in [0.5, 0.6) is 5.75 Å². The molecule has 3 aromatic rings. The van der Waals surface area contributed by atoms with Crippen molar-refractivity contribution in [2.75, 3.05) is 60.6 Å². The summed E-state index contributed by atoms with van der Waals surface area (Å²) in [5.74, 6) is 1.01. The lowest BCUT2D eigenvalue weighted by molar-refractivity contribution is -0.192. The summed E-state index contributed by atoms with van der Waals surface area (Å²) in [6, 6.07) is 11.7. The van der Waals surface area contributed by atoms with Gasteiger partial charge in [0.15, 0.2) is 0 Å². The SMILES string of the molecule is CCCN(CC1CC1)c1cc(N2CCc3c(-c4cccc(O)c4)nc(N4CCOCC4)nc32)ccn1.O=C(O)C(F)(F)F. The van der Waals surface area contributed by atoms with Crippen molar-refractivity contribution in [1.82, 2.24) is 15.0 Å². The van der Waals surface area contributed by atoms with E-state index >= 15 is 0 Å². The lowest BCUT2D eigenvalue weighted by atomic mass is 10.1. The third-order valence-electron chi connectivity index (χ3n) is 7.50. The van der Waals surface area contributed by atoms with E-state index in [1.165, 1.54) is 12.8 Å². The molecule has 3 aliphatic rings. The van der Waals surface area contributed by atoms with E-state index in [0.717, 1.165) is 91.6 Å². The zero-order chi connectivity index (χ0) is 30.6. The van der Waals surface area contributed by atoms with Crippen LogP contribution in [0, 0.1) is 5.92 Å². The van der Waals surface area contributed by atoms with Gasteiger partial charge in [-0.05, 0) is 49.8 Å². The Bertz CT molecular complexity index is 1430. The summed E-state index contributed by atoms with van der Waals surface area (Å²) in [5.41, 5.74) is 4.05. The lowest BCUT2D eigenvalue weighted by Crippen LogP contribution is -2.37. The highest BCUT2D eigenvalue weighted by atomic mass is 19.4. The first-order chi connectivity index (χ1) is 20.6. The summed E-state index contributed by atoms with van der Waals surface area (Å²) in [4.78, 5) is 30.7. The van der Waals surface area contributed by atoms with Crippen LogP contribution in [0.3, 0.4) is 0 Å². The molecule has 0 spiro atoms. The Morgan fingerprint density at radius 1 is 1.12 bits per heavy atom. The monoisotopic (exact) mass is 600 g/mol. The number of hydrogen-bond donors (Lipinski definition) is 2. The number of ether oxygens (including phenoxy) is 1. The molecule has 1 saturated heterocycles. The molecule has 2 aromatic heterocycles. The van der Waals surface area contributed by atoms with Gasteiger partial charge in [0.05, 0.1) is 18.9 Å². The number of aromatic hydroxyl groups is 1. The summed E-state index contributed by atoms with van der Waals surface area (Å²) < 4.78 is 37.3. The molecule has 2 N–H and O–H groups in total. The first kappa shape index (κ1) is 30.3. The second-order valence-corrected chi connectivity index (χ2v) is 10.8. The van der Waals surface area contributed by atoms with Crippen molar-refractivity contribution in [3.63, 3.8) is 0 Å². The molecule has 10 nitrogen and oxygen atoms in total. The van der Waals surface area contributed by atoms with Gasteiger partial charge in [-0.1, -0.05) is 19.1 Å². The Balaban J connectivity index is 0.000000472. The fourth-order valence-electron chi connectivity index (χ4n) is 5.22. The number of anilines is 4. The maximum absolute atomic E-state index is 10.6. The van der Waals surface area contributed by atoms with Gasteiger partial charge >= 0.3 is 12.1 Å². The van der Waals surface area contributed by atoms with Crippen molar-refractivity contribution in [2.45, 2.75) is 38.8 Å². The summed E-state index contributed by atoms with van der Waals surface area (Å²) in [6.45, 7) is 8.06. The van der Waals surface area contributed by atoms with Crippen molar-refractivity contribution < 1.29 is 32.9 Å². The van der Waals surface area contributed by atoms with Crippen LogP contribution < -0.4 is 14.7 Å². The Morgan fingerprint density at radius 3 is 2.51 bits per heavy atom. The quantitative estimate of drug-likeness (QED) is 0.365. The van der Waals surface area contributed by atoms with Crippen molar-refractivity contribution in [3.8, 4) is 17.0 Å². The minimum Gasteiger partial charge on any atom is -0.508 e. The van der Waals surface area contributed by atoms with E-state index in [9.17, 15) is 18.3 Å². The van der Waals surface area contributed by atoms with Gasteiger partial charge in [-0.25, -0.2) is 14.8 Å². The number of carboxylic acids is 1. The van der Waals surface area contributed by atoms with E-state index in [-0.39, 0.29) is 5.75 Å². The third kappa shape index (κ3) is 7.45. The Kier molecular flexibility index (Phi) is 9.19. The van der Waals surface area contributed by atoms with Gasteiger partial charge in [-0.3, -0.25) is 0 Å². The number of carbonyl (C=O) groups is 1. The second-order valence-electron chi connectivity index (χ2n) is 10.8. The molecule has 0 radical (unpaired) electrons. The van der Waals surface area contributed by atoms with Crippen molar-refractivity contribution >= 4 is 29.2 Å². The Morgan fingerprint density at radius 2 is 1.86 bits per heavy atom. The number of phenols is 1. The zero-order valence-corrected chi connectivity index (χ0v) is 23.9. The molecule has 0 unspecified atom stereocenters. The van der Waals surface area contributed by atoms with Gasteiger partial charge in [0, 0.05) is 61.8 Å². The minimum absolute atomic E-state index is 0.244. The summed E-state index contributed by atoms with van der Waals surface area (Å²) >= 11 is 0. The summed E-state index contributed by atoms with van der Waals surface area (Å²) in [7, 11) is 0. The molecule has 13 heteroatoms. The number of fused-ring (bicyclic) bond motifs is 1. The third-order valence-corrected chi connectivity index (χ3v) is 7.50. The fraction of sp³-hybridized carbons (Fsp3) is 0.467. The molecule has 0 atom stereocenters. The molecule has 1 aliphatic carbocycles. The lowest BCUT2D eigenvalue weighted by Gasteiger charge is -2.29. The van der Waals surface area contributed by atoms with Gasteiger partial charge in [-0.2, -0.15) is 18.2 Å². The largest absolute Gasteiger partial charge is 0.508 e. The molecular formula is C30H35F3N6O4.